The number of methoxy groups -OCH3 is 1. The van der Waals surface area contributed by atoms with Crippen LogP contribution in [0.2, 0.25) is 0 Å². The average Bonchev–Trinajstić information content (AvgIpc) is 2.89. The van der Waals surface area contributed by atoms with Crippen molar-refractivity contribution in [2.75, 3.05) is 12.8 Å². The number of aromatic nitrogens is 4. The Morgan fingerprint density at radius 1 is 1.35 bits per heavy atom. The largest absolute Gasteiger partial charge is 0.495 e. The summed E-state index contributed by atoms with van der Waals surface area (Å²) >= 11 is 0. The number of nitrogens with two attached hydrogens (primary N) is 1. The zero-order valence-electron chi connectivity index (χ0n) is 12.4. The lowest BCUT2D eigenvalue weighted by Crippen LogP contribution is -2.17. The Hall–Kier alpha value is -2.11. The molecular formula is C14H21N5O. The molecule has 0 amide bonds. The second-order valence-electron chi connectivity index (χ2n) is 5.12. The Morgan fingerprint density at radius 3 is 2.70 bits per heavy atom. The number of ether oxygens (including phenoxy) is 1. The summed E-state index contributed by atoms with van der Waals surface area (Å²) in [6, 6.07) is 5.85. The monoisotopic (exact) mass is 275 g/mol. The molecule has 20 heavy (non-hydrogen) atoms. The lowest BCUT2D eigenvalue weighted by molar-refractivity contribution is 0.333. The van der Waals surface area contributed by atoms with E-state index >= 15 is 0 Å². The third-order valence-electron chi connectivity index (χ3n) is 3.49. The van der Waals surface area contributed by atoms with Crippen LogP contribution in [0.5, 0.6) is 5.75 Å². The van der Waals surface area contributed by atoms with Crippen LogP contribution in [0.25, 0.3) is 11.4 Å². The minimum atomic E-state index is 0.267. The summed E-state index contributed by atoms with van der Waals surface area (Å²) in [5.74, 6) is 1.83. The minimum absolute atomic E-state index is 0.267. The number of rotatable bonds is 5. The van der Waals surface area contributed by atoms with Gasteiger partial charge < -0.3 is 10.5 Å². The summed E-state index contributed by atoms with van der Waals surface area (Å²) in [5, 5.41) is 12.1. The number of benzene rings is 1. The minimum Gasteiger partial charge on any atom is -0.495 e. The van der Waals surface area contributed by atoms with Crippen molar-refractivity contribution < 1.29 is 4.74 Å². The Morgan fingerprint density at radius 2 is 2.10 bits per heavy atom. The van der Waals surface area contributed by atoms with Crippen molar-refractivity contribution in [1.82, 2.24) is 20.2 Å². The summed E-state index contributed by atoms with van der Waals surface area (Å²) in [6.45, 7) is 6.48. The lowest BCUT2D eigenvalue weighted by atomic mass is 10.0. The fourth-order valence-corrected chi connectivity index (χ4v) is 2.38. The third kappa shape index (κ3) is 2.59. The van der Waals surface area contributed by atoms with Crippen molar-refractivity contribution >= 4 is 5.69 Å². The van der Waals surface area contributed by atoms with Crippen LogP contribution in [-0.2, 0) is 0 Å². The lowest BCUT2D eigenvalue weighted by Gasteiger charge is -2.20. The average molecular weight is 275 g/mol. The molecule has 1 aromatic heterocycles. The van der Waals surface area contributed by atoms with Crippen molar-refractivity contribution in [3.8, 4) is 17.1 Å². The van der Waals surface area contributed by atoms with Crippen molar-refractivity contribution in [3.05, 3.63) is 18.2 Å². The third-order valence-corrected chi connectivity index (χ3v) is 3.49. The van der Waals surface area contributed by atoms with Crippen molar-refractivity contribution in [2.24, 2.45) is 5.92 Å². The SMILES string of the molecule is CCC(C(C)C)n1nnnc1-c1ccc(N)c(OC)c1. The summed E-state index contributed by atoms with van der Waals surface area (Å²) in [7, 11) is 1.60. The fraction of sp³-hybridized carbons (Fsp3) is 0.500. The summed E-state index contributed by atoms with van der Waals surface area (Å²) in [4.78, 5) is 0. The van der Waals surface area contributed by atoms with E-state index in [1.54, 1.807) is 7.11 Å². The summed E-state index contributed by atoms with van der Waals surface area (Å²) in [5.41, 5.74) is 7.35. The zero-order chi connectivity index (χ0) is 14.7. The molecule has 0 saturated heterocycles. The second kappa shape index (κ2) is 5.90. The zero-order valence-corrected chi connectivity index (χ0v) is 12.4. The predicted octanol–water partition coefficient (Wildman–Crippen LogP) is 2.54. The molecule has 1 unspecified atom stereocenters. The fourth-order valence-electron chi connectivity index (χ4n) is 2.38. The predicted molar refractivity (Wildman–Crippen MR) is 78.4 cm³/mol. The van der Waals surface area contributed by atoms with Crippen LogP contribution in [0.1, 0.15) is 33.2 Å². The van der Waals surface area contributed by atoms with Gasteiger partial charge in [-0.2, -0.15) is 0 Å². The van der Waals surface area contributed by atoms with Gasteiger partial charge in [0.2, 0.25) is 0 Å². The maximum absolute atomic E-state index is 5.84. The van der Waals surface area contributed by atoms with E-state index in [0.29, 0.717) is 17.4 Å². The molecule has 0 aliphatic carbocycles. The van der Waals surface area contributed by atoms with Crippen LogP contribution in [-0.4, -0.2) is 27.3 Å². The molecule has 2 aromatic rings. The molecule has 2 rings (SSSR count). The van der Waals surface area contributed by atoms with E-state index in [0.717, 1.165) is 17.8 Å². The molecule has 0 fully saturated rings. The van der Waals surface area contributed by atoms with Gasteiger partial charge in [0.15, 0.2) is 5.82 Å². The van der Waals surface area contributed by atoms with E-state index < -0.39 is 0 Å². The Bertz CT molecular complexity index is 579. The van der Waals surface area contributed by atoms with Gasteiger partial charge in [-0.25, -0.2) is 4.68 Å². The first-order valence-electron chi connectivity index (χ1n) is 6.80. The Labute approximate surface area is 118 Å². The van der Waals surface area contributed by atoms with Crippen molar-refractivity contribution in [1.29, 1.82) is 0 Å². The van der Waals surface area contributed by atoms with Crippen LogP contribution in [0.15, 0.2) is 18.2 Å². The summed E-state index contributed by atoms with van der Waals surface area (Å²) in [6.07, 6.45) is 0.974. The molecule has 6 nitrogen and oxygen atoms in total. The molecule has 0 saturated carbocycles. The number of tetrazole rings is 1. The van der Waals surface area contributed by atoms with E-state index in [4.69, 9.17) is 10.5 Å². The highest BCUT2D eigenvalue weighted by Gasteiger charge is 2.20. The molecule has 0 aliphatic rings. The van der Waals surface area contributed by atoms with Crippen LogP contribution >= 0.6 is 0 Å². The molecule has 0 aliphatic heterocycles. The van der Waals surface area contributed by atoms with Crippen LogP contribution in [0, 0.1) is 5.92 Å². The van der Waals surface area contributed by atoms with Crippen LogP contribution in [0.4, 0.5) is 5.69 Å². The quantitative estimate of drug-likeness (QED) is 0.848. The number of hydrogen-bond donors (Lipinski definition) is 1. The molecular weight excluding hydrogens is 254 g/mol. The second-order valence-corrected chi connectivity index (χ2v) is 5.12. The van der Waals surface area contributed by atoms with E-state index in [1.165, 1.54) is 0 Å². The van der Waals surface area contributed by atoms with E-state index in [2.05, 4.69) is 36.3 Å². The van der Waals surface area contributed by atoms with Crippen LogP contribution < -0.4 is 10.5 Å². The topological polar surface area (TPSA) is 78.9 Å². The van der Waals surface area contributed by atoms with E-state index in [9.17, 15) is 0 Å². The first kappa shape index (κ1) is 14.3. The molecule has 1 heterocycles. The van der Waals surface area contributed by atoms with Gasteiger partial charge in [0.25, 0.3) is 0 Å². The standard InChI is InChI=1S/C14H21N5O/c1-5-12(9(2)3)19-14(16-17-18-19)10-6-7-11(15)13(8-10)20-4/h6-9,12H,5,15H2,1-4H3. The van der Waals surface area contributed by atoms with Crippen molar-refractivity contribution in [2.45, 2.75) is 33.2 Å². The van der Waals surface area contributed by atoms with Gasteiger partial charge in [0.05, 0.1) is 18.8 Å². The highest BCUT2D eigenvalue weighted by atomic mass is 16.5. The number of hydrogen-bond acceptors (Lipinski definition) is 5. The van der Waals surface area contributed by atoms with Gasteiger partial charge >= 0.3 is 0 Å². The van der Waals surface area contributed by atoms with Gasteiger partial charge in [-0.15, -0.1) is 5.10 Å². The maximum Gasteiger partial charge on any atom is 0.182 e. The molecule has 1 aromatic carbocycles. The summed E-state index contributed by atoms with van der Waals surface area (Å²) < 4.78 is 7.14. The normalized spacial score (nSPS) is 12.7. The number of anilines is 1. The first-order chi connectivity index (χ1) is 9.58. The molecule has 0 radical (unpaired) electrons. The van der Waals surface area contributed by atoms with Crippen molar-refractivity contribution in [3.63, 3.8) is 0 Å². The molecule has 1 atom stereocenters. The molecule has 6 heteroatoms. The smallest absolute Gasteiger partial charge is 0.182 e. The Kier molecular flexibility index (Phi) is 4.22. The van der Waals surface area contributed by atoms with Gasteiger partial charge in [-0.3, -0.25) is 0 Å². The molecule has 0 bridgehead atoms. The highest BCUT2D eigenvalue weighted by molar-refractivity contribution is 5.65. The van der Waals surface area contributed by atoms with Gasteiger partial charge in [0.1, 0.15) is 5.75 Å². The first-order valence-corrected chi connectivity index (χ1v) is 6.80. The number of nitrogen functional groups attached to an aromatic ring is 1. The van der Waals surface area contributed by atoms with E-state index in [-0.39, 0.29) is 6.04 Å². The van der Waals surface area contributed by atoms with Gasteiger partial charge in [0, 0.05) is 5.56 Å². The molecule has 0 spiro atoms. The van der Waals surface area contributed by atoms with Gasteiger partial charge in [-0.05, 0) is 41.0 Å². The molecule has 108 valence electrons. The highest BCUT2D eigenvalue weighted by Crippen LogP contribution is 2.30. The molecule has 2 N–H and O–H groups in total. The van der Waals surface area contributed by atoms with Crippen LogP contribution in [0.3, 0.4) is 0 Å². The maximum atomic E-state index is 5.84. The number of nitrogens with zero attached hydrogens (tertiary/aromatic N) is 4. The van der Waals surface area contributed by atoms with Gasteiger partial charge in [-0.1, -0.05) is 20.8 Å². The van der Waals surface area contributed by atoms with E-state index in [1.807, 2.05) is 22.9 Å². The Balaban J connectivity index is 2.46.